The van der Waals surface area contributed by atoms with Gasteiger partial charge in [0.15, 0.2) is 0 Å². The highest BCUT2D eigenvalue weighted by Crippen LogP contribution is 2.20. The minimum atomic E-state index is -0.165. The maximum Gasteiger partial charge on any atom is 0.228 e. The van der Waals surface area contributed by atoms with Crippen molar-refractivity contribution >= 4 is 11.8 Å². The molecule has 0 saturated carbocycles. The van der Waals surface area contributed by atoms with Gasteiger partial charge in [-0.05, 0) is 20.8 Å². The van der Waals surface area contributed by atoms with Crippen molar-refractivity contribution in [3.8, 4) is 0 Å². The molecule has 1 atom stereocenters. The normalized spacial score (nSPS) is 19.6. The average Bonchev–Trinajstić information content (AvgIpc) is 2.66. The van der Waals surface area contributed by atoms with Crippen molar-refractivity contribution in [2.24, 2.45) is 5.92 Å². The van der Waals surface area contributed by atoms with Crippen molar-refractivity contribution in [2.75, 3.05) is 26.2 Å². The van der Waals surface area contributed by atoms with E-state index in [-0.39, 0.29) is 17.7 Å². The molecule has 2 amide bonds. The maximum absolute atomic E-state index is 12.2. The van der Waals surface area contributed by atoms with Gasteiger partial charge in [0.1, 0.15) is 0 Å². The first-order chi connectivity index (χ1) is 7.99. The van der Waals surface area contributed by atoms with Crippen LogP contribution in [0.25, 0.3) is 0 Å². The predicted octanol–water partition coefficient (Wildman–Crippen LogP) is 1.28. The molecule has 4 heteroatoms. The molecule has 0 aromatic rings. The van der Waals surface area contributed by atoms with Gasteiger partial charge in [-0.15, -0.1) is 0 Å². The Labute approximate surface area is 103 Å². The summed E-state index contributed by atoms with van der Waals surface area (Å²) < 4.78 is 0. The number of likely N-dealkylation sites (tertiary alicyclic amines) is 1. The average molecular weight is 238 g/mol. The van der Waals surface area contributed by atoms with Crippen LogP contribution in [0.15, 0.2) is 12.2 Å². The van der Waals surface area contributed by atoms with Gasteiger partial charge in [-0.2, -0.15) is 0 Å². The van der Waals surface area contributed by atoms with Gasteiger partial charge in [0.2, 0.25) is 11.8 Å². The molecule has 0 bridgehead atoms. The molecule has 1 saturated heterocycles. The first kappa shape index (κ1) is 13.7. The zero-order valence-electron chi connectivity index (χ0n) is 11.0. The lowest BCUT2D eigenvalue weighted by Crippen LogP contribution is -2.38. The van der Waals surface area contributed by atoms with Crippen LogP contribution in [0.1, 0.15) is 27.2 Å². The van der Waals surface area contributed by atoms with Crippen LogP contribution in [0.3, 0.4) is 0 Å². The highest BCUT2D eigenvalue weighted by molar-refractivity contribution is 5.89. The second-order valence-electron chi connectivity index (χ2n) is 4.64. The fourth-order valence-electron chi connectivity index (χ4n) is 2.17. The molecule has 17 heavy (non-hydrogen) atoms. The van der Waals surface area contributed by atoms with Gasteiger partial charge in [0.25, 0.3) is 0 Å². The van der Waals surface area contributed by atoms with Crippen LogP contribution in [0.2, 0.25) is 0 Å². The maximum atomic E-state index is 12.2. The van der Waals surface area contributed by atoms with Gasteiger partial charge in [0, 0.05) is 32.6 Å². The topological polar surface area (TPSA) is 40.6 Å². The van der Waals surface area contributed by atoms with E-state index in [1.807, 2.05) is 20.8 Å². The summed E-state index contributed by atoms with van der Waals surface area (Å²) >= 11 is 0. The van der Waals surface area contributed by atoms with Gasteiger partial charge in [-0.3, -0.25) is 9.59 Å². The van der Waals surface area contributed by atoms with Crippen molar-refractivity contribution < 1.29 is 9.59 Å². The van der Waals surface area contributed by atoms with E-state index in [1.54, 1.807) is 9.80 Å². The number of amides is 2. The standard InChI is InChI=1S/C13H22N2O2/c1-5-14-9-11(7-12(14)16)13(17)15(6-2)8-10(3)4/h11H,3,5-9H2,1-2,4H3/t11-/m0/s1. The summed E-state index contributed by atoms with van der Waals surface area (Å²) in [7, 11) is 0. The Kier molecular flexibility index (Phi) is 4.73. The van der Waals surface area contributed by atoms with Crippen molar-refractivity contribution in [1.29, 1.82) is 0 Å². The molecule has 1 rings (SSSR count). The van der Waals surface area contributed by atoms with Crippen LogP contribution in [0.5, 0.6) is 0 Å². The monoisotopic (exact) mass is 238 g/mol. The summed E-state index contributed by atoms with van der Waals surface area (Å²) in [6, 6.07) is 0. The zero-order valence-corrected chi connectivity index (χ0v) is 11.0. The second-order valence-corrected chi connectivity index (χ2v) is 4.64. The van der Waals surface area contributed by atoms with Crippen molar-refractivity contribution in [1.82, 2.24) is 9.80 Å². The van der Waals surface area contributed by atoms with Crippen LogP contribution in [0.4, 0.5) is 0 Å². The van der Waals surface area contributed by atoms with Crippen molar-refractivity contribution in [2.45, 2.75) is 27.2 Å². The molecule has 1 heterocycles. The predicted molar refractivity (Wildman–Crippen MR) is 67.4 cm³/mol. The summed E-state index contributed by atoms with van der Waals surface area (Å²) in [5.41, 5.74) is 0.969. The number of hydrogen-bond acceptors (Lipinski definition) is 2. The summed E-state index contributed by atoms with van der Waals surface area (Å²) in [5.74, 6) is 0.0128. The van der Waals surface area contributed by atoms with Gasteiger partial charge in [-0.1, -0.05) is 12.2 Å². The lowest BCUT2D eigenvalue weighted by molar-refractivity contribution is -0.135. The largest absolute Gasteiger partial charge is 0.342 e. The minimum absolute atomic E-state index is 0.0831. The van der Waals surface area contributed by atoms with Crippen molar-refractivity contribution in [3.63, 3.8) is 0 Å². The summed E-state index contributed by atoms with van der Waals surface area (Å²) in [6.07, 6.45) is 0.360. The SMILES string of the molecule is C=C(C)CN(CC)C(=O)[C@H]1CC(=O)N(CC)C1. The van der Waals surface area contributed by atoms with Crippen LogP contribution in [-0.4, -0.2) is 47.8 Å². The molecule has 0 radical (unpaired) electrons. The van der Waals surface area contributed by atoms with E-state index in [4.69, 9.17) is 0 Å². The third-order valence-corrected chi connectivity index (χ3v) is 3.10. The van der Waals surface area contributed by atoms with E-state index in [0.29, 0.717) is 32.6 Å². The summed E-state index contributed by atoms with van der Waals surface area (Å²) in [5, 5.41) is 0. The van der Waals surface area contributed by atoms with Gasteiger partial charge in [0.05, 0.1) is 5.92 Å². The molecule has 0 aromatic carbocycles. The summed E-state index contributed by atoms with van der Waals surface area (Å²) in [4.78, 5) is 27.3. The highest BCUT2D eigenvalue weighted by Gasteiger charge is 2.35. The minimum Gasteiger partial charge on any atom is -0.342 e. The molecule has 96 valence electrons. The third-order valence-electron chi connectivity index (χ3n) is 3.10. The van der Waals surface area contributed by atoms with Gasteiger partial charge in [-0.25, -0.2) is 0 Å². The van der Waals surface area contributed by atoms with Crippen LogP contribution in [-0.2, 0) is 9.59 Å². The quantitative estimate of drug-likeness (QED) is 0.677. The lowest BCUT2D eigenvalue weighted by atomic mass is 10.1. The molecular weight excluding hydrogens is 216 g/mol. The molecule has 0 spiro atoms. The number of likely N-dealkylation sites (N-methyl/N-ethyl adjacent to an activating group) is 1. The summed E-state index contributed by atoms with van der Waals surface area (Å²) in [6.45, 7) is 12.2. The number of hydrogen-bond donors (Lipinski definition) is 0. The Morgan fingerprint density at radius 3 is 2.59 bits per heavy atom. The van der Waals surface area contributed by atoms with Gasteiger partial charge < -0.3 is 9.80 Å². The molecule has 1 fully saturated rings. The first-order valence-corrected chi connectivity index (χ1v) is 6.20. The van der Waals surface area contributed by atoms with Crippen LogP contribution < -0.4 is 0 Å². The fourth-order valence-corrected chi connectivity index (χ4v) is 2.17. The molecule has 1 aliphatic heterocycles. The molecule has 1 aliphatic rings. The van der Waals surface area contributed by atoms with E-state index in [2.05, 4.69) is 6.58 Å². The Bertz CT molecular complexity index is 325. The Balaban J connectivity index is 2.63. The Morgan fingerprint density at radius 2 is 2.18 bits per heavy atom. The highest BCUT2D eigenvalue weighted by atomic mass is 16.2. The first-order valence-electron chi connectivity index (χ1n) is 6.20. The molecule has 0 N–H and O–H groups in total. The van der Waals surface area contributed by atoms with E-state index < -0.39 is 0 Å². The number of carbonyl (C=O) groups is 2. The van der Waals surface area contributed by atoms with Gasteiger partial charge >= 0.3 is 0 Å². The number of nitrogens with zero attached hydrogens (tertiary/aromatic N) is 2. The lowest BCUT2D eigenvalue weighted by Gasteiger charge is -2.24. The van der Waals surface area contributed by atoms with E-state index in [0.717, 1.165) is 5.57 Å². The molecule has 0 unspecified atom stereocenters. The fraction of sp³-hybridized carbons (Fsp3) is 0.692. The van der Waals surface area contributed by atoms with Crippen molar-refractivity contribution in [3.05, 3.63) is 12.2 Å². The second kappa shape index (κ2) is 5.84. The van der Waals surface area contributed by atoms with E-state index in [9.17, 15) is 9.59 Å². The molecule has 0 aromatic heterocycles. The zero-order chi connectivity index (χ0) is 13.0. The third kappa shape index (κ3) is 3.32. The number of carbonyl (C=O) groups excluding carboxylic acids is 2. The molecule has 4 nitrogen and oxygen atoms in total. The molecular formula is C13H22N2O2. The Morgan fingerprint density at radius 1 is 1.53 bits per heavy atom. The smallest absolute Gasteiger partial charge is 0.228 e. The van der Waals surface area contributed by atoms with E-state index in [1.165, 1.54) is 0 Å². The number of rotatable bonds is 5. The molecule has 0 aliphatic carbocycles. The van der Waals surface area contributed by atoms with E-state index >= 15 is 0 Å². The van der Waals surface area contributed by atoms with Crippen LogP contribution >= 0.6 is 0 Å². The van der Waals surface area contributed by atoms with Crippen LogP contribution in [0, 0.1) is 5.92 Å². The Hall–Kier alpha value is -1.32.